The number of aromatic amines is 1. The lowest BCUT2D eigenvalue weighted by atomic mass is 10.1. The zero-order valence-corrected chi connectivity index (χ0v) is 7.64. The molecule has 0 aliphatic heterocycles. The summed E-state index contributed by atoms with van der Waals surface area (Å²) in [5, 5.41) is 5.35. The molecule has 0 unspecified atom stereocenters. The van der Waals surface area contributed by atoms with E-state index in [1.807, 2.05) is 5.10 Å². The second-order valence-corrected chi connectivity index (χ2v) is 3.19. The fourth-order valence-electron chi connectivity index (χ4n) is 0.928. The van der Waals surface area contributed by atoms with Crippen LogP contribution in [0, 0.1) is 0 Å². The summed E-state index contributed by atoms with van der Waals surface area (Å²) in [6.45, 7) is 3.39. The predicted molar refractivity (Wildman–Crippen MR) is 43.9 cm³/mol. The molecule has 0 saturated heterocycles. The Bertz CT molecular complexity index is 381. The van der Waals surface area contributed by atoms with E-state index in [1.165, 1.54) is 0 Å². The highest BCUT2D eigenvalue weighted by molar-refractivity contribution is 5.17. The number of nitrogens with one attached hydrogen (secondary N) is 1. The Kier molecular flexibility index (Phi) is 2.64. The topological polar surface area (TPSA) is 45.8 Å². The van der Waals surface area contributed by atoms with Crippen molar-refractivity contribution in [1.29, 1.82) is 0 Å². The first-order valence-corrected chi connectivity index (χ1v) is 3.99. The number of nitrogens with zero attached hydrogens (tertiary/aromatic N) is 1. The molecule has 6 heteroatoms. The van der Waals surface area contributed by atoms with Crippen molar-refractivity contribution < 1.29 is 13.2 Å². The summed E-state index contributed by atoms with van der Waals surface area (Å²) in [7, 11) is 0. The summed E-state index contributed by atoms with van der Waals surface area (Å²) in [6.07, 6.45) is -4.62. The number of hydrogen-bond acceptors (Lipinski definition) is 2. The van der Waals surface area contributed by atoms with Crippen LogP contribution >= 0.6 is 0 Å². The standard InChI is InChI=1S/C8H9F3N2O/c1-4(2)6-3-5(8(9,10)11)7(14)13-12-6/h3-4H,1-2H3,(H,13,14). The van der Waals surface area contributed by atoms with E-state index in [0.717, 1.165) is 6.07 Å². The van der Waals surface area contributed by atoms with Gasteiger partial charge in [0.25, 0.3) is 5.56 Å². The van der Waals surface area contributed by atoms with Gasteiger partial charge in [-0.15, -0.1) is 0 Å². The van der Waals surface area contributed by atoms with Crippen LogP contribution in [0.15, 0.2) is 10.9 Å². The number of halogens is 3. The van der Waals surface area contributed by atoms with Crippen LogP contribution in [0.25, 0.3) is 0 Å². The van der Waals surface area contributed by atoms with E-state index in [0.29, 0.717) is 0 Å². The average molecular weight is 206 g/mol. The first-order chi connectivity index (χ1) is 6.32. The van der Waals surface area contributed by atoms with Crippen LogP contribution in [-0.4, -0.2) is 10.2 Å². The second-order valence-electron chi connectivity index (χ2n) is 3.19. The number of H-pyrrole nitrogens is 1. The van der Waals surface area contributed by atoms with Gasteiger partial charge in [0.05, 0.1) is 5.69 Å². The van der Waals surface area contributed by atoms with Crippen molar-refractivity contribution in [2.45, 2.75) is 25.9 Å². The van der Waals surface area contributed by atoms with Crippen LogP contribution < -0.4 is 5.56 Å². The van der Waals surface area contributed by atoms with Gasteiger partial charge in [0, 0.05) is 0 Å². The maximum absolute atomic E-state index is 12.2. The molecule has 14 heavy (non-hydrogen) atoms. The lowest BCUT2D eigenvalue weighted by Gasteiger charge is -2.08. The normalized spacial score (nSPS) is 12.1. The molecule has 0 aliphatic carbocycles. The van der Waals surface area contributed by atoms with Crippen LogP contribution in [0.2, 0.25) is 0 Å². The van der Waals surface area contributed by atoms with E-state index in [9.17, 15) is 18.0 Å². The van der Waals surface area contributed by atoms with E-state index in [-0.39, 0.29) is 11.6 Å². The number of hydrogen-bond donors (Lipinski definition) is 1. The third kappa shape index (κ3) is 2.12. The monoisotopic (exact) mass is 206 g/mol. The third-order valence-corrected chi connectivity index (χ3v) is 1.72. The summed E-state index contributed by atoms with van der Waals surface area (Å²) in [5.74, 6) is -0.159. The molecule has 1 rings (SSSR count). The lowest BCUT2D eigenvalue weighted by molar-refractivity contribution is -0.138. The van der Waals surface area contributed by atoms with Crippen LogP contribution in [-0.2, 0) is 6.18 Å². The zero-order chi connectivity index (χ0) is 10.9. The summed E-state index contributed by atoms with van der Waals surface area (Å²) in [4.78, 5) is 10.8. The molecule has 0 aromatic carbocycles. The molecule has 0 spiro atoms. The molecule has 0 fully saturated rings. The van der Waals surface area contributed by atoms with Gasteiger partial charge in [0.1, 0.15) is 5.56 Å². The Morgan fingerprint density at radius 1 is 1.43 bits per heavy atom. The molecule has 1 aromatic heterocycles. The highest BCUT2D eigenvalue weighted by Crippen LogP contribution is 2.27. The molecule has 0 amide bonds. The fourth-order valence-corrected chi connectivity index (χ4v) is 0.928. The fraction of sp³-hybridized carbons (Fsp3) is 0.500. The Morgan fingerprint density at radius 2 is 2.00 bits per heavy atom. The van der Waals surface area contributed by atoms with Gasteiger partial charge in [-0.3, -0.25) is 4.79 Å². The summed E-state index contributed by atoms with van der Waals surface area (Å²) in [5.41, 5.74) is -2.19. The number of rotatable bonds is 1. The van der Waals surface area contributed by atoms with Crippen molar-refractivity contribution >= 4 is 0 Å². The van der Waals surface area contributed by atoms with Crippen molar-refractivity contribution in [3.63, 3.8) is 0 Å². The van der Waals surface area contributed by atoms with Crippen LogP contribution in [0.5, 0.6) is 0 Å². The maximum Gasteiger partial charge on any atom is 0.421 e. The van der Waals surface area contributed by atoms with Crippen LogP contribution in [0.1, 0.15) is 31.0 Å². The van der Waals surface area contributed by atoms with Gasteiger partial charge in [-0.1, -0.05) is 13.8 Å². The molecule has 1 aromatic rings. The van der Waals surface area contributed by atoms with Crippen molar-refractivity contribution in [1.82, 2.24) is 10.2 Å². The quantitative estimate of drug-likeness (QED) is 0.762. The van der Waals surface area contributed by atoms with Gasteiger partial charge in [0.2, 0.25) is 0 Å². The van der Waals surface area contributed by atoms with Crippen LogP contribution in [0.4, 0.5) is 13.2 Å². The van der Waals surface area contributed by atoms with Gasteiger partial charge < -0.3 is 0 Å². The molecule has 0 atom stereocenters. The highest BCUT2D eigenvalue weighted by atomic mass is 19.4. The van der Waals surface area contributed by atoms with Gasteiger partial charge in [-0.2, -0.15) is 18.3 Å². The minimum Gasteiger partial charge on any atom is -0.267 e. The molecule has 1 heterocycles. The van der Waals surface area contributed by atoms with E-state index in [2.05, 4.69) is 5.10 Å². The molecule has 0 radical (unpaired) electrons. The molecular weight excluding hydrogens is 197 g/mol. The van der Waals surface area contributed by atoms with E-state index < -0.39 is 17.3 Å². The first-order valence-electron chi connectivity index (χ1n) is 3.99. The van der Waals surface area contributed by atoms with Gasteiger partial charge in [-0.25, -0.2) is 5.10 Å². The molecule has 78 valence electrons. The van der Waals surface area contributed by atoms with Gasteiger partial charge in [-0.05, 0) is 12.0 Å². The minimum atomic E-state index is -4.62. The Hall–Kier alpha value is -1.33. The number of aromatic nitrogens is 2. The third-order valence-electron chi connectivity index (χ3n) is 1.72. The van der Waals surface area contributed by atoms with Crippen molar-refractivity contribution in [2.75, 3.05) is 0 Å². The Balaban J connectivity index is 3.30. The van der Waals surface area contributed by atoms with E-state index in [4.69, 9.17) is 0 Å². The van der Waals surface area contributed by atoms with Crippen molar-refractivity contribution in [3.05, 3.63) is 27.7 Å². The zero-order valence-electron chi connectivity index (χ0n) is 7.64. The molecular formula is C8H9F3N2O. The average Bonchev–Trinajstić information content (AvgIpc) is 2.02. The Morgan fingerprint density at radius 3 is 2.43 bits per heavy atom. The predicted octanol–water partition coefficient (Wildman–Crippen LogP) is 1.91. The molecule has 3 nitrogen and oxygen atoms in total. The van der Waals surface area contributed by atoms with Gasteiger partial charge in [0.15, 0.2) is 0 Å². The molecule has 0 aliphatic rings. The van der Waals surface area contributed by atoms with E-state index >= 15 is 0 Å². The molecule has 0 bridgehead atoms. The summed E-state index contributed by atoms with van der Waals surface area (Å²) in [6, 6.07) is 0.781. The first kappa shape index (κ1) is 10.7. The van der Waals surface area contributed by atoms with Crippen molar-refractivity contribution in [2.24, 2.45) is 0 Å². The highest BCUT2D eigenvalue weighted by Gasteiger charge is 2.34. The van der Waals surface area contributed by atoms with Crippen molar-refractivity contribution in [3.8, 4) is 0 Å². The van der Waals surface area contributed by atoms with Crippen LogP contribution in [0.3, 0.4) is 0 Å². The smallest absolute Gasteiger partial charge is 0.267 e. The minimum absolute atomic E-state index is 0.159. The largest absolute Gasteiger partial charge is 0.421 e. The second kappa shape index (κ2) is 3.43. The number of alkyl halides is 3. The summed E-state index contributed by atoms with van der Waals surface area (Å²) < 4.78 is 36.7. The maximum atomic E-state index is 12.2. The summed E-state index contributed by atoms with van der Waals surface area (Å²) >= 11 is 0. The SMILES string of the molecule is CC(C)c1cc(C(F)(F)F)c(=O)[nH]n1. The Labute approximate surface area is 78.0 Å². The molecule has 0 saturated carbocycles. The van der Waals surface area contributed by atoms with E-state index in [1.54, 1.807) is 13.8 Å². The molecule has 1 N–H and O–H groups in total. The lowest BCUT2D eigenvalue weighted by Crippen LogP contribution is -2.23. The van der Waals surface area contributed by atoms with Gasteiger partial charge >= 0.3 is 6.18 Å².